The first kappa shape index (κ1) is 15.8. The Bertz CT molecular complexity index is 473. The molecule has 1 aliphatic rings. The number of hydrogen-bond acceptors (Lipinski definition) is 3. The molecule has 1 aromatic rings. The molecule has 1 amide bonds. The molecule has 2 rings (SSSR count). The number of phenols is 1. The van der Waals surface area contributed by atoms with Crippen LogP contribution in [0.25, 0.3) is 0 Å². The summed E-state index contributed by atoms with van der Waals surface area (Å²) < 4.78 is 5.82. The Morgan fingerprint density at radius 2 is 2.19 bits per heavy atom. The fourth-order valence-corrected chi connectivity index (χ4v) is 2.50. The van der Waals surface area contributed by atoms with E-state index < -0.39 is 0 Å². The van der Waals surface area contributed by atoms with E-state index in [2.05, 4.69) is 13.8 Å². The summed E-state index contributed by atoms with van der Waals surface area (Å²) in [6.07, 6.45) is 2.38. The number of aromatic hydroxyl groups is 1. The van der Waals surface area contributed by atoms with Crippen LogP contribution in [-0.2, 0) is 16.0 Å². The second kappa shape index (κ2) is 7.46. The van der Waals surface area contributed by atoms with E-state index in [1.165, 1.54) is 0 Å². The molecule has 4 heteroatoms. The van der Waals surface area contributed by atoms with E-state index in [-0.39, 0.29) is 24.2 Å². The molecule has 0 aromatic heterocycles. The van der Waals surface area contributed by atoms with E-state index in [0.717, 1.165) is 26.0 Å². The van der Waals surface area contributed by atoms with Crippen molar-refractivity contribution in [2.45, 2.75) is 39.2 Å². The highest BCUT2D eigenvalue weighted by atomic mass is 16.5. The summed E-state index contributed by atoms with van der Waals surface area (Å²) in [5, 5.41) is 9.73. The first-order valence-corrected chi connectivity index (χ1v) is 7.72. The molecule has 1 aromatic carbocycles. The van der Waals surface area contributed by atoms with Crippen molar-refractivity contribution in [1.82, 2.24) is 4.90 Å². The molecule has 0 saturated carbocycles. The molecular weight excluding hydrogens is 266 g/mol. The van der Waals surface area contributed by atoms with Crippen molar-refractivity contribution in [3.63, 3.8) is 0 Å². The van der Waals surface area contributed by atoms with Gasteiger partial charge in [-0.3, -0.25) is 4.79 Å². The zero-order chi connectivity index (χ0) is 15.2. The van der Waals surface area contributed by atoms with E-state index in [1.54, 1.807) is 18.2 Å². The summed E-state index contributed by atoms with van der Waals surface area (Å²) in [4.78, 5) is 14.1. The number of nitrogens with zero attached hydrogens (tertiary/aromatic N) is 1. The van der Waals surface area contributed by atoms with Crippen LogP contribution in [0.2, 0.25) is 0 Å². The van der Waals surface area contributed by atoms with Crippen molar-refractivity contribution in [3.8, 4) is 5.75 Å². The van der Waals surface area contributed by atoms with Crippen LogP contribution in [0.4, 0.5) is 0 Å². The topological polar surface area (TPSA) is 49.8 Å². The Kier molecular flexibility index (Phi) is 5.62. The number of carbonyl (C=O) groups is 1. The average Bonchev–Trinajstić information content (AvgIpc) is 2.90. The van der Waals surface area contributed by atoms with Crippen LogP contribution >= 0.6 is 0 Å². The molecule has 1 fully saturated rings. The number of carbonyl (C=O) groups excluding carboxylic acids is 1. The van der Waals surface area contributed by atoms with Gasteiger partial charge in [-0.05, 0) is 24.8 Å². The summed E-state index contributed by atoms with van der Waals surface area (Å²) in [6, 6.07) is 7.01. The van der Waals surface area contributed by atoms with Gasteiger partial charge in [0.15, 0.2) is 0 Å². The minimum absolute atomic E-state index is 0.0615. The van der Waals surface area contributed by atoms with E-state index in [9.17, 15) is 9.90 Å². The van der Waals surface area contributed by atoms with Gasteiger partial charge < -0.3 is 14.7 Å². The summed E-state index contributed by atoms with van der Waals surface area (Å²) in [5.74, 6) is 0.895. The third kappa shape index (κ3) is 4.74. The van der Waals surface area contributed by atoms with Crippen LogP contribution in [-0.4, -0.2) is 41.7 Å². The number of amides is 1. The van der Waals surface area contributed by atoms with Gasteiger partial charge in [-0.2, -0.15) is 0 Å². The molecule has 0 bridgehead atoms. The second-order valence-electron chi connectivity index (χ2n) is 6.11. The van der Waals surface area contributed by atoms with Gasteiger partial charge in [0.1, 0.15) is 5.75 Å². The van der Waals surface area contributed by atoms with Crippen molar-refractivity contribution in [3.05, 3.63) is 29.8 Å². The molecule has 1 saturated heterocycles. The number of benzene rings is 1. The van der Waals surface area contributed by atoms with Crippen molar-refractivity contribution in [2.75, 3.05) is 19.7 Å². The van der Waals surface area contributed by atoms with Gasteiger partial charge in [0, 0.05) is 25.3 Å². The van der Waals surface area contributed by atoms with Gasteiger partial charge in [-0.1, -0.05) is 32.0 Å². The van der Waals surface area contributed by atoms with Gasteiger partial charge in [0.05, 0.1) is 12.5 Å². The Labute approximate surface area is 126 Å². The van der Waals surface area contributed by atoms with Crippen LogP contribution in [0.5, 0.6) is 5.75 Å². The molecule has 1 aliphatic heterocycles. The van der Waals surface area contributed by atoms with Crippen molar-refractivity contribution in [2.24, 2.45) is 5.92 Å². The third-order valence-corrected chi connectivity index (χ3v) is 3.88. The number of hydrogen-bond donors (Lipinski definition) is 1. The monoisotopic (exact) mass is 291 g/mol. The molecule has 0 radical (unpaired) electrons. The second-order valence-corrected chi connectivity index (χ2v) is 6.11. The molecule has 116 valence electrons. The highest BCUT2D eigenvalue weighted by Crippen LogP contribution is 2.19. The summed E-state index contributed by atoms with van der Waals surface area (Å²) in [5.41, 5.74) is 0.687. The fraction of sp³-hybridized carbons (Fsp3) is 0.588. The minimum Gasteiger partial charge on any atom is -0.508 e. The lowest BCUT2D eigenvalue weighted by Gasteiger charge is -2.17. The standard InChI is InChI=1S/C17H25NO3/c1-13(2)8-10-21-15-7-9-18(12-15)17(20)11-14-5-3-4-6-16(14)19/h3-6,13,15,19H,7-12H2,1-2H3/t15-/m1/s1. The van der Waals surface area contributed by atoms with Crippen molar-refractivity contribution < 1.29 is 14.6 Å². The van der Waals surface area contributed by atoms with E-state index in [0.29, 0.717) is 18.0 Å². The first-order chi connectivity index (χ1) is 10.1. The number of ether oxygens (including phenoxy) is 1. The molecular formula is C17H25NO3. The lowest BCUT2D eigenvalue weighted by Crippen LogP contribution is -2.31. The zero-order valence-corrected chi connectivity index (χ0v) is 12.9. The Morgan fingerprint density at radius 1 is 1.43 bits per heavy atom. The number of para-hydroxylation sites is 1. The molecule has 0 spiro atoms. The van der Waals surface area contributed by atoms with E-state index >= 15 is 0 Å². The highest BCUT2D eigenvalue weighted by Gasteiger charge is 2.27. The maximum absolute atomic E-state index is 12.3. The zero-order valence-electron chi connectivity index (χ0n) is 12.9. The fourth-order valence-electron chi connectivity index (χ4n) is 2.50. The Morgan fingerprint density at radius 3 is 2.90 bits per heavy atom. The highest BCUT2D eigenvalue weighted by molar-refractivity contribution is 5.79. The van der Waals surface area contributed by atoms with Gasteiger partial charge in [0.2, 0.25) is 5.91 Å². The molecule has 1 N–H and O–H groups in total. The lowest BCUT2D eigenvalue weighted by molar-refractivity contribution is -0.130. The Balaban J connectivity index is 1.78. The minimum atomic E-state index is 0.0615. The smallest absolute Gasteiger partial charge is 0.227 e. The molecule has 1 atom stereocenters. The summed E-state index contributed by atoms with van der Waals surface area (Å²) in [7, 11) is 0. The maximum Gasteiger partial charge on any atom is 0.227 e. The van der Waals surface area contributed by atoms with Gasteiger partial charge in [-0.25, -0.2) is 0 Å². The molecule has 4 nitrogen and oxygen atoms in total. The first-order valence-electron chi connectivity index (χ1n) is 7.72. The van der Waals surface area contributed by atoms with Crippen LogP contribution in [0.15, 0.2) is 24.3 Å². The third-order valence-electron chi connectivity index (χ3n) is 3.88. The quantitative estimate of drug-likeness (QED) is 0.876. The molecule has 0 unspecified atom stereocenters. The molecule has 21 heavy (non-hydrogen) atoms. The normalized spacial score (nSPS) is 18.4. The summed E-state index contributed by atoms with van der Waals surface area (Å²) in [6.45, 7) is 6.55. The SMILES string of the molecule is CC(C)CCO[C@@H]1CCN(C(=O)Cc2ccccc2O)C1. The average molecular weight is 291 g/mol. The largest absolute Gasteiger partial charge is 0.508 e. The number of phenolic OH excluding ortho intramolecular Hbond substituents is 1. The molecule has 0 aliphatic carbocycles. The number of rotatable bonds is 6. The van der Waals surface area contributed by atoms with E-state index in [4.69, 9.17) is 4.74 Å². The van der Waals surface area contributed by atoms with Crippen molar-refractivity contribution >= 4 is 5.91 Å². The van der Waals surface area contributed by atoms with Crippen molar-refractivity contribution in [1.29, 1.82) is 0 Å². The van der Waals surface area contributed by atoms with Gasteiger partial charge in [0.25, 0.3) is 0 Å². The van der Waals surface area contributed by atoms with Crippen LogP contribution in [0, 0.1) is 5.92 Å². The van der Waals surface area contributed by atoms with Crippen LogP contribution < -0.4 is 0 Å². The van der Waals surface area contributed by atoms with Crippen LogP contribution in [0.3, 0.4) is 0 Å². The predicted octanol–water partition coefficient (Wildman–Crippen LogP) is 2.60. The van der Waals surface area contributed by atoms with E-state index in [1.807, 2.05) is 11.0 Å². The number of likely N-dealkylation sites (tertiary alicyclic amines) is 1. The van der Waals surface area contributed by atoms with Gasteiger partial charge in [-0.15, -0.1) is 0 Å². The molecule has 1 heterocycles. The van der Waals surface area contributed by atoms with Crippen LogP contribution in [0.1, 0.15) is 32.3 Å². The lowest BCUT2D eigenvalue weighted by atomic mass is 10.1. The predicted molar refractivity (Wildman–Crippen MR) is 82.2 cm³/mol. The maximum atomic E-state index is 12.3. The summed E-state index contributed by atoms with van der Waals surface area (Å²) >= 11 is 0. The van der Waals surface area contributed by atoms with Gasteiger partial charge >= 0.3 is 0 Å². The Hall–Kier alpha value is -1.55.